The number of nitrogens with zero attached hydrogens (tertiary/aromatic N) is 3. The third kappa shape index (κ3) is 2.41. The van der Waals surface area contributed by atoms with Gasteiger partial charge in [-0.3, -0.25) is 4.68 Å². The van der Waals surface area contributed by atoms with Crippen molar-refractivity contribution in [3.05, 3.63) is 27.7 Å². The van der Waals surface area contributed by atoms with E-state index in [9.17, 15) is 9.18 Å². The van der Waals surface area contributed by atoms with E-state index in [0.717, 1.165) is 40.3 Å². The van der Waals surface area contributed by atoms with Crippen LogP contribution >= 0.6 is 22.6 Å². The van der Waals surface area contributed by atoms with E-state index in [-0.39, 0.29) is 11.9 Å². The van der Waals surface area contributed by atoms with Crippen LogP contribution in [0.25, 0.3) is 10.9 Å². The summed E-state index contributed by atoms with van der Waals surface area (Å²) in [7, 11) is 1.57. The molecule has 19 heavy (non-hydrogen) atoms. The van der Waals surface area contributed by atoms with Crippen molar-refractivity contribution in [1.29, 1.82) is 0 Å². The van der Waals surface area contributed by atoms with E-state index in [2.05, 4.69) is 27.7 Å². The molecule has 0 spiro atoms. The Hall–Kier alpha value is -0.955. The summed E-state index contributed by atoms with van der Waals surface area (Å²) in [5, 5.41) is 5.36. The molecule has 97 valence electrons. The van der Waals surface area contributed by atoms with E-state index in [0.29, 0.717) is 0 Å². The van der Waals surface area contributed by atoms with E-state index in [1.807, 2.05) is 9.49 Å². The monoisotopic (exact) mass is 370 g/mol. The van der Waals surface area contributed by atoms with Crippen LogP contribution in [0.5, 0.6) is 0 Å². The minimum absolute atomic E-state index is 0.229. The Labute approximate surface area is 124 Å². The molecule has 1 atom stereocenters. The van der Waals surface area contributed by atoms with E-state index >= 15 is 0 Å². The summed E-state index contributed by atoms with van der Waals surface area (Å²) in [6.45, 7) is 1.62. The molecule has 1 saturated heterocycles. The minimum Gasteiger partial charge on any atom is -0.338 e. The van der Waals surface area contributed by atoms with Crippen LogP contribution < -0.4 is 0 Å². The van der Waals surface area contributed by atoms with E-state index in [4.69, 9.17) is 0 Å². The van der Waals surface area contributed by atoms with Crippen LogP contribution in [0.2, 0.25) is 0 Å². The SMILES string of the molecule is O=C[B]N1CC[C@H](n2nc(I)c3cc(F)ccc32)C1. The van der Waals surface area contributed by atoms with Crippen LogP contribution in [0.3, 0.4) is 0 Å². The molecule has 1 aliphatic heterocycles. The molecule has 1 fully saturated rings. The number of fused-ring (bicyclic) bond motifs is 1. The lowest BCUT2D eigenvalue weighted by molar-refractivity contribution is 0.464. The molecule has 3 rings (SSSR count). The highest BCUT2D eigenvalue weighted by Crippen LogP contribution is 2.28. The van der Waals surface area contributed by atoms with Gasteiger partial charge in [0.05, 0.1) is 17.7 Å². The quantitative estimate of drug-likeness (QED) is 0.470. The first kappa shape index (κ1) is 13.0. The number of carbonyl (C=O) groups is 1. The van der Waals surface area contributed by atoms with Gasteiger partial charge in [-0.1, -0.05) is 0 Å². The van der Waals surface area contributed by atoms with Gasteiger partial charge in [-0.05, 0) is 53.8 Å². The molecular weight excluding hydrogens is 359 g/mol. The molecule has 1 aromatic carbocycles. The van der Waals surface area contributed by atoms with Gasteiger partial charge in [-0.25, -0.2) is 4.39 Å². The lowest BCUT2D eigenvalue weighted by atomic mass is 9.96. The zero-order valence-electron chi connectivity index (χ0n) is 10.1. The maximum atomic E-state index is 13.3. The summed E-state index contributed by atoms with van der Waals surface area (Å²) in [6.07, 6.45) is 1.75. The zero-order valence-corrected chi connectivity index (χ0v) is 12.2. The predicted octanol–water partition coefficient (Wildman–Crippen LogP) is 1.84. The van der Waals surface area contributed by atoms with E-state index < -0.39 is 0 Å². The molecule has 1 aliphatic rings. The number of hydrogen-bond acceptors (Lipinski definition) is 3. The van der Waals surface area contributed by atoms with Crippen LogP contribution in [0.15, 0.2) is 18.2 Å². The normalized spacial score (nSPS) is 20.0. The molecule has 0 bridgehead atoms. The highest BCUT2D eigenvalue weighted by atomic mass is 127. The Bertz CT molecular complexity index is 633. The number of hydrogen-bond donors (Lipinski definition) is 0. The maximum absolute atomic E-state index is 13.3. The van der Waals surface area contributed by atoms with Gasteiger partial charge in [0.1, 0.15) is 9.52 Å². The number of carbonyl (C=O) groups excluding carboxylic acids is 1. The fraction of sp³-hybridized carbons (Fsp3) is 0.333. The lowest BCUT2D eigenvalue weighted by Gasteiger charge is -2.13. The first-order valence-corrected chi connectivity index (χ1v) is 7.13. The third-order valence-corrected chi connectivity index (χ3v) is 4.23. The van der Waals surface area contributed by atoms with Crippen LogP contribution in [0.4, 0.5) is 4.39 Å². The number of benzene rings is 1. The van der Waals surface area contributed by atoms with Gasteiger partial charge in [-0.15, -0.1) is 0 Å². The zero-order chi connectivity index (χ0) is 13.4. The number of halogens is 2. The minimum atomic E-state index is -0.243. The van der Waals surface area contributed by atoms with Crippen molar-refractivity contribution in [3.8, 4) is 0 Å². The van der Waals surface area contributed by atoms with E-state index in [1.54, 1.807) is 13.5 Å². The second-order valence-corrected chi connectivity index (χ2v) is 5.64. The maximum Gasteiger partial charge on any atom is 0.293 e. The molecule has 7 heteroatoms. The molecule has 4 nitrogen and oxygen atoms in total. The summed E-state index contributed by atoms with van der Waals surface area (Å²) in [5.41, 5.74) is 0.948. The van der Waals surface area contributed by atoms with E-state index in [1.165, 1.54) is 12.1 Å². The summed E-state index contributed by atoms with van der Waals surface area (Å²) in [4.78, 5) is 12.5. The van der Waals surface area contributed by atoms with Crippen LogP contribution in [0.1, 0.15) is 12.5 Å². The second-order valence-electron chi connectivity index (χ2n) is 4.62. The molecule has 2 heterocycles. The topological polar surface area (TPSA) is 38.1 Å². The van der Waals surface area contributed by atoms with Crippen molar-refractivity contribution < 1.29 is 9.18 Å². The first-order valence-electron chi connectivity index (χ1n) is 6.05. The molecule has 2 aromatic rings. The Balaban J connectivity index is 1.95. The molecular formula is C12H11BFIN3O. The van der Waals surface area contributed by atoms with Gasteiger partial charge in [0.25, 0.3) is 7.41 Å². The molecule has 0 aliphatic carbocycles. The average Bonchev–Trinajstić information content (AvgIpc) is 2.96. The largest absolute Gasteiger partial charge is 0.338 e. The van der Waals surface area contributed by atoms with Crippen molar-refractivity contribution in [2.24, 2.45) is 0 Å². The molecule has 1 radical (unpaired) electrons. The molecule has 1 aromatic heterocycles. The van der Waals surface area contributed by atoms with Gasteiger partial charge in [0.2, 0.25) is 0 Å². The highest BCUT2D eigenvalue weighted by Gasteiger charge is 2.26. The molecule has 0 N–H and O–H groups in total. The van der Waals surface area contributed by atoms with Crippen molar-refractivity contribution in [1.82, 2.24) is 14.6 Å². The van der Waals surface area contributed by atoms with Gasteiger partial charge >= 0.3 is 0 Å². The number of rotatable bonds is 3. The van der Waals surface area contributed by atoms with Crippen molar-refractivity contribution >= 4 is 47.1 Å². The van der Waals surface area contributed by atoms with Crippen molar-refractivity contribution in [2.75, 3.05) is 13.1 Å². The van der Waals surface area contributed by atoms with Gasteiger partial charge in [0.15, 0.2) is 0 Å². The fourth-order valence-electron chi connectivity index (χ4n) is 2.54. The standard InChI is InChI=1S/C12H11BFIN3O/c14-8-1-2-11-10(5-8)12(15)16-18(11)9-3-4-17(6-9)13-7-19/h1-2,5,7,9H,3-4,6H2/t9-/m0/s1. The Morgan fingerprint density at radius 1 is 1.53 bits per heavy atom. The van der Waals surface area contributed by atoms with Gasteiger partial charge in [-0.2, -0.15) is 5.10 Å². The highest BCUT2D eigenvalue weighted by molar-refractivity contribution is 14.1. The molecule has 0 saturated carbocycles. The van der Waals surface area contributed by atoms with Crippen LogP contribution in [-0.4, -0.2) is 41.3 Å². The summed E-state index contributed by atoms with van der Waals surface area (Å²) in [5.74, 6) is -0.243. The second kappa shape index (κ2) is 5.20. The first-order chi connectivity index (χ1) is 9.19. The summed E-state index contributed by atoms with van der Waals surface area (Å²) < 4.78 is 16.0. The van der Waals surface area contributed by atoms with Crippen molar-refractivity contribution in [3.63, 3.8) is 0 Å². The lowest BCUT2D eigenvalue weighted by Crippen LogP contribution is -2.27. The molecule has 0 unspecified atom stereocenters. The summed E-state index contributed by atoms with van der Waals surface area (Å²) >= 11 is 2.13. The van der Waals surface area contributed by atoms with Gasteiger partial charge in [0, 0.05) is 11.9 Å². The average molecular weight is 370 g/mol. The fourth-order valence-corrected chi connectivity index (χ4v) is 3.21. The summed E-state index contributed by atoms with van der Waals surface area (Å²) in [6, 6.07) is 4.98. The van der Waals surface area contributed by atoms with Gasteiger partial charge < -0.3 is 9.61 Å². The number of aromatic nitrogens is 2. The Morgan fingerprint density at radius 2 is 2.37 bits per heavy atom. The predicted molar refractivity (Wildman–Crippen MR) is 80.1 cm³/mol. The smallest absolute Gasteiger partial charge is 0.293 e. The Morgan fingerprint density at radius 3 is 3.16 bits per heavy atom. The van der Waals surface area contributed by atoms with Crippen LogP contribution in [0, 0.1) is 9.52 Å². The third-order valence-electron chi connectivity index (χ3n) is 3.44. The van der Waals surface area contributed by atoms with Crippen molar-refractivity contribution in [2.45, 2.75) is 12.5 Å². The Kier molecular flexibility index (Phi) is 3.57. The molecule has 0 amide bonds. The van der Waals surface area contributed by atoms with Crippen LogP contribution in [-0.2, 0) is 4.79 Å².